The Labute approximate surface area is 189 Å². The smallest absolute Gasteiger partial charge is 0.352 e. The molecule has 0 aliphatic heterocycles. The third-order valence-electron chi connectivity index (χ3n) is 5.51. The summed E-state index contributed by atoms with van der Waals surface area (Å²) in [4.78, 5) is 38.8. The Morgan fingerprint density at radius 1 is 1.12 bits per heavy atom. The molecule has 1 atom stereocenters. The van der Waals surface area contributed by atoms with Crippen LogP contribution in [0.25, 0.3) is 16.7 Å². The molecule has 0 radical (unpaired) electrons. The van der Waals surface area contributed by atoms with Gasteiger partial charge in [-0.3, -0.25) is 14.2 Å². The second-order valence-corrected chi connectivity index (χ2v) is 8.24. The van der Waals surface area contributed by atoms with Gasteiger partial charge in [0.15, 0.2) is 0 Å². The predicted molar refractivity (Wildman–Crippen MR) is 124 cm³/mol. The number of fused-ring (bicyclic) bond motifs is 3. The third kappa shape index (κ3) is 4.18. The Hall–Kier alpha value is -3.39. The van der Waals surface area contributed by atoms with Gasteiger partial charge < -0.3 is 5.32 Å². The molecule has 0 spiro atoms. The fourth-order valence-electron chi connectivity index (χ4n) is 3.60. The minimum atomic E-state index is -0.357. The normalized spacial score (nSPS) is 12.3. The first-order valence-electron chi connectivity index (χ1n) is 10.5. The van der Waals surface area contributed by atoms with Crippen molar-refractivity contribution in [1.82, 2.24) is 24.1 Å². The van der Waals surface area contributed by atoms with Crippen LogP contribution < -0.4 is 16.6 Å². The fraction of sp³-hybridized carbons (Fsp3) is 0.304. The van der Waals surface area contributed by atoms with Crippen LogP contribution in [0.15, 0.2) is 58.1 Å². The lowest BCUT2D eigenvalue weighted by atomic mass is 10.2. The summed E-state index contributed by atoms with van der Waals surface area (Å²) in [6.07, 6.45) is 0.923. The molecule has 2 aromatic carbocycles. The van der Waals surface area contributed by atoms with Gasteiger partial charge in [-0.1, -0.05) is 42.8 Å². The van der Waals surface area contributed by atoms with Crippen LogP contribution in [0, 0.1) is 0 Å². The maximum atomic E-state index is 13.2. The van der Waals surface area contributed by atoms with Gasteiger partial charge in [0, 0.05) is 24.0 Å². The third-order valence-corrected chi connectivity index (χ3v) is 5.76. The summed E-state index contributed by atoms with van der Waals surface area (Å²) in [7, 11) is 0. The van der Waals surface area contributed by atoms with E-state index in [1.54, 1.807) is 36.4 Å². The summed E-state index contributed by atoms with van der Waals surface area (Å²) in [5, 5.41) is 8.36. The summed E-state index contributed by atoms with van der Waals surface area (Å²) in [6, 6.07) is 14.1. The number of halogens is 1. The number of aromatic nitrogens is 4. The molecule has 1 amide bonds. The van der Waals surface area contributed by atoms with E-state index in [2.05, 4.69) is 10.4 Å². The molecule has 0 fully saturated rings. The number of benzene rings is 2. The number of hydrogen-bond acceptors (Lipinski definition) is 4. The average molecular weight is 454 g/mol. The molecule has 2 aromatic heterocycles. The van der Waals surface area contributed by atoms with Gasteiger partial charge >= 0.3 is 5.69 Å². The SMILES string of the molecule is CCC(C)NC(=O)CCn1c(=O)c2ccccc2n2c(=O)n(Cc3ccc(Cl)cc3)nc12. The van der Waals surface area contributed by atoms with Crippen molar-refractivity contribution in [3.05, 3.63) is 80.0 Å². The molecule has 0 saturated carbocycles. The second-order valence-electron chi connectivity index (χ2n) is 7.80. The standard InChI is InChI=1S/C23H24ClN5O3/c1-3-15(2)25-20(30)12-13-27-21(31)18-6-4-5-7-19(18)29-22(27)26-28(23(29)32)14-16-8-10-17(24)11-9-16/h4-11,15H,3,12-14H2,1-2H3,(H,25,30). The largest absolute Gasteiger partial charge is 0.354 e. The second kappa shape index (κ2) is 9.00. The highest BCUT2D eigenvalue weighted by molar-refractivity contribution is 6.30. The van der Waals surface area contributed by atoms with Crippen LogP contribution in [-0.2, 0) is 17.9 Å². The first kappa shape index (κ1) is 21.8. The number of carbonyl (C=O) groups excluding carboxylic acids is 1. The van der Waals surface area contributed by atoms with Gasteiger partial charge in [0.1, 0.15) is 0 Å². The van der Waals surface area contributed by atoms with E-state index in [4.69, 9.17) is 11.6 Å². The summed E-state index contributed by atoms with van der Waals surface area (Å²) in [5.74, 6) is 0.0597. The molecule has 32 heavy (non-hydrogen) atoms. The number of rotatable bonds is 7. The lowest BCUT2D eigenvalue weighted by Gasteiger charge is -2.12. The van der Waals surface area contributed by atoms with E-state index in [0.29, 0.717) is 15.9 Å². The van der Waals surface area contributed by atoms with Crippen LogP contribution in [0.4, 0.5) is 0 Å². The van der Waals surface area contributed by atoms with Crippen LogP contribution in [0.3, 0.4) is 0 Å². The Kier molecular flexibility index (Phi) is 6.14. The molecule has 8 nitrogen and oxygen atoms in total. The van der Waals surface area contributed by atoms with E-state index in [9.17, 15) is 14.4 Å². The minimum absolute atomic E-state index is 0.0528. The molecule has 0 aliphatic rings. The van der Waals surface area contributed by atoms with E-state index in [1.807, 2.05) is 26.0 Å². The van der Waals surface area contributed by atoms with E-state index < -0.39 is 0 Å². The zero-order valence-corrected chi connectivity index (χ0v) is 18.7. The van der Waals surface area contributed by atoms with Gasteiger partial charge in [-0.2, -0.15) is 0 Å². The lowest BCUT2D eigenvalue weighted by molar-refractivity contribution is -0.121. The maximum absolute atomic E-state index is 13.2. The van der Waals surface area contributed by atoms with Crippen LogP contribution >= 0.6 is 11.6 Å². The van der Waals surface area contributed by atoms with Crippen molar-refractivity contribution in [3.63, 3.8) is 0 Å². The monoisotopic (exact) mass is 453 g/mol. The summed E-state index contributed by atoms with van der Waals surface area (Å²) in [5.41, 5.74) is 0.697. The van der Waals surface area contributed by atoms with Crippen LogP contribution in [0.5, 0.6) is 0 Å². The van der Waals surface area contributed by atoms with Crippen molar-refractivity contribution in [2.75, 3.05) is 0 Å². The summed E-state index contributed by atoms with van der Waals surface area (Å²) in [6.45, 7) is 4.26. The molecular weight excluding hydrogens is 430 g/mol. The molecule has 4 rings (SSSR count). The molecular formula is C23H24ClN5O3. The minimum Gasteiger partial charge on any atom is -0.354 e. The van der Waals surface area contributed by atoms with Crippen LogP contribution in [0.2, 0.25) is 5.02 Å². The van der Waals surface area contributed by atoms with Crippen molar-refractivity contribution in [1.29, 1.82) is 0 Å². The molecule has 4 aromatic rings. The van der Waals surface area contributed by atoms with Gasteiger partial charge in [0.2, 0.25) is 11.7 Å². The molecule has 0 bridgehead atoms. The summed E-state index contributed by atoms with van der Waals surface area (Å²) >= 11 is 5.96. The number of nitrogens with one attached hydrogen (secondary N) is 1. The number of para-hydroxylation sites is 1. The first-order chi connectivity index (χ1) is 15.4. The highest BCUT2D eigenvalue weighted by atomic mass is 35.5. The van der Waals surface area contributed by atoms with Crippen LogP contribution in [0.1, 0.15) is 32.3 Å². The van der Waals surface area contributed by atoms with E-state index in [0.717, 1.165) is 12.0 Å². The van der Waals surface area contributed by atoms with E-state index in [1.165, 1.54) is 13.6 Å². The fourth-order valence-corrected chi connectivity index (χ4v) is 3.72. The quantitative estimate of drug-likeness (QED) is 0.466. The van der Waals surface area contributed by atoms with Crippen molar-refractivity contribution < 1.29 is 4.79 Å². The van der Waals surface area contributed by atoms with E-state index in [-0.39, 0.29) is 48.5 Å². The Balaban J connectivity index is 1.80. The predicted octanol–water partition coefficient (Wildman–Crippen LogP) is 2.82. The molecule has 0 saturated heterocycles. The van der Waals surface area contributed by atoms with Gasteiger partial charge in [-0.25, -0.2) is 13.9 Å². The Bertz CT molecular complexity index is 1400. The molecule has 0 aliphatic carbocycles. The van der Waals surface area contributed by atoms with Crippen molar-refractivity contribution >= 4 is 34.2 Å². The van der Waals surface area contributed by atoms with Gasteiger partial charge in [-0.15, -0.1) is 5.10 Å². The molecule has 2 heterocycles. The van der Waals surface area contributed by atoms with Crippen molar-refractivity contribution in [3.8, 4) is 0 Å². The first-order valence-corrected chi connectivity index (χ1v) is 10.9. The molecule has 166 valence electrons. The zero-order valence-electron chi connectivity index (χ0n) is 17.9. The summed E-state index contributed by atoms with van der Waals surface area (Å²) < 4.78 is 4.15. The number of amides is 1. The molecule has 1 unspecified atom stereocenters. The number of carbonyl (C=O) groups is 1. The topological polar surface area (TPSA) is 90.4 Å². The maximum Gasteiger partial charge on any atom is 0.352 e. The number of aryl methyl sites for hydroxylation is 1. The Morgan fingerprint density at radius 3 is 2.56 bits per heavy atom. The lowest BCUT2D eigenvalue weighted by Crippen LogP contribution is -2.34. The van der Waals surface area contributed by atoms with Gasteiger partial charge in [0.05, 0.1) is 17.4 Å². The number of hydrogen-bond donors (Lipinski definition) is 1. The molecule has 1 N–H and O–H groups in total. The van der Waals surface area contributed by atoms with Gasteiger partial charge in [-0.05, 0) is 43.2 Å². The van der Waals surface area contributed by atoms with Crippen molar-refractivity contribution in [2.24, 2.45) is 0 Å². The van der Waals surface area contributed by atoms with Crippen LogP contribution in [-0.4, -0.2) is 30.7 Å². The van der Waals surface area contributed by atoms with Gasteiger partial charge in [0.25, 0.3) is 5.56 Å². The number of nitrogens with zero attached hydrogens (tertiary/aromatic N) is 4. The zero-order chi connectivity index (χ0) is 22.8. The van der Waals surface area contributed by atoms with E-state index >= 15 is 0 Å². The Morgan fingerprint density at radius 2 is 1.84 bits per heavy atom. The van der Waals surface area contributed by atoms with Crippen molar-refractivity contribution in [2.45, 2.75) is 45.8 Å². The highest BCUT2D eigenvalue weighted by Crippen LogP contribution is 2.13. The molecule has 9 heteroatoms. The average Bonchev–Trinajstić information content (AvgIpc) is 3.11. The highest BCUT2D eigenvalue weighted by Gasteiger charge is 2.18.